The molecule has 0 amide bonds. The Bertz CT molecular complexity index is 483. The Kier molecular flexibility index (Phi) is 3.81. The van der Waals surface area contributed by atoms with E-state index < -0.39 is 0 Å². The Hall–Kier alpha value is -2.23. The highest BCUT2D eigenvalue weighted by Gasteiger charge is 2.06. The Labute approximate surface area is 99.6 Å². The summed E-state index contributed by atoms with van der Waals surface area (Å²) < 4.78 is 0. The lowest BCUT2D eigenvalue weighted by molar-refractivity contribution is 0.317. The maximum atomic E-state index is 8.98. The van der Waals surface area contributed by atoms with Gasteiger partial charge in [0.1, 0.15) is 11.4 Å². The highest BCUT2D eigenvalue weighted by atomic mass is 16.4. The largest absolute Gasteiger partial charge is 0.411 e. The number of benzene rings is 1. The predicted molar refractivity (Wildman–Crippen MR) is 65.1 cm³/mol. The van der Waals surface area contributed by atoms with Gasteiger partial charge < -0.3 is 5.21 Å². The van der Waals surface area contributed by atoms with E-state index in [1.807, 2.05) is 30.3 Å². The third kappa shape index (κ3) is 3.11. The first-order valence-electron chi connectivity index (χ1n) is 5.43. The summed E-state index contributed by atoms with van der Waals surface area (Å²) in [5.74, 6) is 0. The Morgan fingerprint density at radius 1 is 1.12 bits per heavy atom. The number of nitrogens with zero attached hydrogens (tertiary/aromatic N) is 3. The van der Waals surface area contributed by atoms with Gasteiger partial charge in [-0.1, -0.05) is 35.5 Å². The van der Waals surface area contributed by atoms with Gasteiger partial charge in [-0.05, 0) is 30.5 Å². The van der Waals surface area contributed by atoms with Gasteiger partial charge in [0, 0.05) is 6.20 Å². The fraction of sp³-hybridized carbons (Fsp3) is 0.154. The predicted octanol–water partition coefficient (Wildman–Crippen LogP) is 2.29. The summed E-state index contributed by atoms with van der Waals surface area (Å²) in [5.41, 5.74) is 2.38. The second kappa shape index (κ2) is 5.75. The van der Waals surface area contributed by atoms with Crippen LogP contribution in [0.4, 0.5) is 0 Å². The smallest absolute Gasteiger partial charge is 0.111 e. The van der Waals surface area contributed by atoms with Gasteiger partial charge in [-0.3, -0.25) is 0 Å². The van der Waals surface area contributed by atoms with Crippen LogP contribution in [0.25, 0.3) is 0 Å². The van der Waals surface area contributed by atoms with Crippen molar-refractivity contribution in [3.63, 3.8) is 0 Å². The molecule has 4 heteroatoms. The van der Waals surface area contributed by atoms with Crippen molar-refractivity contribution in [1.82, 2.24) is 10.2 Å². The zero-order valence-electron chi connectivity index (χ0n) is 9.32. The second-order valence-corrected chi connectivity index (χ2v) is 3.64. The molecule has 17 heavy (non-hydrogen) atoms. The third-order valence-corrected chi connectivity index (χ3v) is 2.48. The van der Waals surface area contributed by atoms with E-state index >= 15 is 0 Å². The van der Waals surface area contributed by atoms with Crippen LogP contribution in [0, 0.1) is 0 Å². The summed E-state index contributed by atoms with van der Waals surface area (Å²) in [6.07, 6.45) is 3.05. The van der Waals surface area contributed by atoms with Crippen molar-refractivity contribution in [3.05, 3.63) is 59.9 Å². The van der Waals surface area contributed by atoms with E-state index in [9.17, 15) is 0 Å². The summed E-state index contributed by atoms with van der Waals surface area (Å²) in [7, 11) is 0. The molecule has 4 nitrogen and oxygen atoms in total. The van der Waals surface area contributed by atoms with Gasteiger partial charge in [0.25, 0.3) is 0 Å². The van der Waals surface area contributed by atoms with Crippen LogP contribution < -0.4 is 0 Å². The molecule has 0 saturated carbocycles. The molecule has 1 heterocycles. The van der Waals surface area contributed by atoms with Crippen molar-refractivity contribution >= 4 is 5.71 Å². The van der Waals surface area contributed by atoms with Crippen LogP contribution in [0.5, 0.6) is 0 Å². The quantitative estimate of drug-likeness (QED) is 0.495. The van der Waals surface area contributed by atoms with Gasteiger partial charge in [-0.2, -0.15) is 5.10 Å². The zero-order chi connectivity index (χ0) is 11.9. The van der Waals surface area contributed by atoms with Crippen LogP contribution in [0.1, 0.15) is 17.7 Å². The van der Waals surface area contributed by atoms with Crippen LogP contribution in [-0.4, -0.2) is 21.1 Å². The van der Waals surface area contributed by atoms with Gasteiger partial charge >= 0.3 is 0 Å². The fourth-order valence-electron chi connectivity index (χ4n) is 1.59. The summed E-state index contributed by atoms with van der Waals surface area (Å²) in [5, 5.41) is 20.0. The SMILES string of the molecule is ON=C(CCc1ccccc1)c1cccnn1. The molecule has 0 unspecified atom stereocenters. The molecule has 0 spiro atoms. The van der Waals surface area contributed by atoms with Crippen LogP contribution >= 0.6 is 0 Å². The van der Waals surface area contributed by atoms with Gasteiger partial charge in [0.15, 0.2) is 0 Å². The van der Waals surface area contributed by atoms with E-state index in [2.05, 4.69) is 15.4 Å². The zero-order valence-corrected chi connectivity index (χ0v) is 9.32. The summed E-state index contributed by atoms with van der Waals surface area (Å²) in [6, 6.07) is 13.6. The summed E-state index contributed by atoms with van der Waals surface area (Å²) in [6.45, 7) is 0. The van der Waals surface area contributed by atoms with Crippen LogP contribution in [-0.2, 0) is 6.42 Å². The standard InChI is InChI=1S/C13H13N3O/c17-16-13(12-7-4-10-14-15-12)9-8-11-5-2-1-3-6-11/h1-7,10,17H,8-9H2. The van der Waals surface area contributed by atoms with Gasteiger partial charge in [0.05, 0.1) is 0 Å². The lowest BCUT2D eigenvalue weighted by Crippen LogP contribution is -2.06. The normalized spacial score (nSPS) is 11.4. The molecular formula is C13H13N3O. The van der Waals surface area contributed by atoms with Crippen molar-refractivity contribution in [1.29, 1.82) is 0 Å². The van der Waals surface area contributed by atoms with Crippen molar-refractivity contribution in [2.45, 2.75) is 12.8 Å². The fourth-order valence-corrected chi connectivity index (χ4v) is 1.59. The summed E-state index contributed by atoms with van der Waals surface area (Å²) >= 11 is 0. The van der Waals surface area contributed by atoms with Gasteiger partial charge in [0.2, 0.25) is 0 Å². The van der Waals surface area contributed by atoms with Crippen molar-refractivity contribution in [3.8, 4) is 0 Å². The van der Waals surface area contributed by atoms with Crippen molar-refractivity contribution < 1.29 is 5.21 Å². The van der Waals surface area contributed by atoms with Crippen LogP contribution in [0.3, 0.4) is 0 Å². The van der Waals surface area contributed by atoms with E-state index in [-0.39, 0.29) is 0 Å². The lowest BCUT2D eigenvalue weighted by atomic mass is 10.1. The molecule has 86 valence electrons. The topological polar surface area (TPSA) is 58.4 Å². The van der Waals surface area contributed by atoms with Crippen molar-refractivity contribution in [2.75, 3.05) is 0 Å². The first-order valence-corrected chi connectivity index (χ1v) is 5.43. The molecule has 1 aromatic heterocycles. The molecule has 0 atom stereocenters. The Morgan fingerprint density at radius 3 is 2.59 bits per heavy atom. The van der Waals surface area contributed by atoms with E-state index in [4.69, 9.17) is 5.21 Å². The number of aromatic nitrogens is 2. The minimum absolute atomic E-state index is 0.557. The molecule has 1 N–H and O–H groups in total. The molecule has 0 radical (unpaired) electrons. The van der Waals surface area contributed by atoms with Gasteiger partial charge in [-0.15, -0.1) is 5.10 Å². The highest BCUT2D eigenvalue weighted by Crippen LogP contribution is 2.07. The first-order chi connectivity index (χ1) is 8.40. The average molecular weight is 227 g/mol. The van der Waals surface area contributed by atoms with E-state index in [1.54, 1.807) is 18.3 Å². The lowest BCUT2D eigenvalue weighted by Gasteiger charge is -2.03. The molecular weight excluding hydrogens is 214 g/mol. The maximum absolute atomic E-state index is 8.98. The molecule has 0 aliphatic rings. The molecule has 0 aliphatic heterocycles. The minimum Gasteiger partial charge on any atom is -0.411 e. The van der Waals surface area contributed by atoms with Crippen LogP contribution in [0.2, 0.25) is 0 Å². The summed E-state index contributed by atoms with van der Waals surface area (Å²) in [4.78, 5) is 0. The van der Waals surface area contributed by atoms with E-state index in [0.29, 0.717) is 17.8 Å². The number of oxime groups is 1. The van der Waals surface area contributed by atoms with E-state index in [0.717, 1.165) is 6.42 Å². The average Bonchev–Trinajstić information content (AvgIpc) is 2.42. The first kappa shape index (κ1) is 11.3. The van der Waals surface area contributed by atoms with Gasteiger partial charge in [-0.25, -0.2) is 0 Å². The number of hydrogen-bond donors (Lipinski definition) is 1. The second-order valence-electron chi connectivity index (χ2n) is 3.64. The van der Waals surface area contributed by atoms with Crippen LogP contribution in [0.15, 0.2) is 53.8 Å². The minimum atomic E-state index is 0.557. The monoisotopic (exact) mass is 227 g/mol. The maximum Gasteiger partial charge on any atom is 0.111 e. The Morgan fingerprint density at radius 2 is 1.94 bits per heavy atom. The number of hydrogen-bond acceptors (Lipinski definition) is 4. The molecule has 0 aliphatic carbocycles. The molecule has 1 aromatic carbocycles. The van der Waals surface area contributed by atoms with E-state index in [1.165, 1.54) is 5.56 Å². The number of rotatable bonds is 4. The molecule has 2 aromatic rings. The molecule has 0 bridgehead atoms. The number of aryl methyl sites for hydroxylation is 1. The highest BCUT2D eigenvalue weighted by molar-refractivity contribution is 5.98. The molecule has 2 rings (SSSR count). The third-order valence-electron chi connectivity index (χ3n) is 2.48. The molecule has 0 saturated heterocycles. The van der Waals surface area contributed by atoms with Crippen molar-refractivity contribution in [2.24, 2.45) is 5.16 Å². The Balaban J connectivity index is 2.03. The molecule has 0 fully saturated rings.